The predicted molar refractivity (Wildman–Crippen MR) is 65.1 cm³/mol. The quantitative estimate of drug-likeness (QED) is 0.708. The van der Waals surface area contributed by atoms with Gasteiger partial charge in [0.2, 0.25) is 5.91 Å². The molecule has 1 amide bonds. The fourth-order valence-corrected chi connectivity index (χ4v) is 3.00. The van der Waals surface area contributed by atoms with Crippen molar-refractivity contribution in [2.45, 2.75) is 33.7 Å². The van der Waals surface area contributed by atoms with Crippen LogP contribution in [-0.4, -0.2) is 47.9 Å². The standard InChI is InChI=1S/C13H24N2O/c1-9(2)13(16)15-7-11-5-14(10(3)4)6-12(11)8-15/h9-12H,5-8H2,1-4H3/t11-,12?/m1/s1. The number of hydrogen-bond acceptors (Lipinski definition) is 2. The Kier molecular flexibility index (Phi) is 3.24. The molecule has 0 N–H and O–H groups in total. The maximum atomic E-state index is 11.9. The van der Waals surface area contributed by atoms with Gasteiger partial charge in [-0.2, -0.15) is 0 Å². The first-order chi connectivity index (χ1) is 7.49. The molecule has 2 aliphatic heterocycles. The van der Waals surface area contributed by atoms with E-state index in [1.54, 1.807) is 0 Å². The highest BCUT2D eigenvalue weighted by Crippen LogP contribution is 2.32. The van der Waals surface area contributed by atoms with Crippen LogP contribution in [0.15, 0.2) is 0 Å². The van der Waals surface area contributed by atoms with Gasteiger partial charge in [-0.15, -0.1) is 0 Å². The van der Waals surface area contributed by atoms with Crippen molar-refractivity contribution in [1.82, 2.24) is 9.80 Å². The van der Waals surface area contributed by atoms with Crippen LogP contribution < -0.4 is 0 Å². The molecule has 0 spiro atoms. The smallest absolute Gasteiger partial charge is 0.225 e. The van der Waals surface area contributed by atoms with Crippen LogP contribution in [0, 0.1) is 17.8 Å². The molecular formula is C13H24N2O. The lowest BCUT2D eigenvalue weighted by Gasteiger charge is -2.25. The lowest BCUT2D eigenvalue weighted by molar-refractivity contribution is -0.133. The molecule has 0 saturated carbocycles. The van der Waals surface area contributed by atoms with Gasteiger partial charge in [0, 0.05) is 38.1 Å². The molecular weight excluding hydrogens is 200 g/mol. The van der Waals surface area contributed by atoms with Crippen molar-refractivity contribution < 1.29 is 4.79 Å². The lowest BCUT2D eigenvalue weighted by Crippen LogP contribution is -2.37. The molecule has 0 aromatic heterocycles. The van der Waals surface area contributed by atoms with Crippen LogP contribution in [-0.2, 0) is 4.79 Å². The van der Waals surface area contributed by atoms with Crippen molar-refractivity contribution >= 4 is 5.91 Å². The number of amides is 1. The summed E-state index contributed by atoms with van der Waals surface area (Å²) in [6.07, 6.45) is 0. The van der Waals surface area contributed by atoms with Gasteiger partial charge in [0.05, 0.1) is 0 Å². The SMILES string of the molecule is CC(C)C(=O)N1CC2CN(C(C)C)C[C@@H]2C1. The molecule has 2 atom stereocenters. The Morgan fingerprint density at radius 2 is 1.50 bits per heavy atom. The Morgan fingerprint density at radius 3 is 1.88 bits per heavy atom. The number of nitrogens with zero attached hydrogens (tertiary/aromatic N) is 2. The molecule has 2 aliphatic rings. The Balaban J connectivity index is 1.91. The van der Waals surface area contributed by atoms with Crippen LogP contribution in [0.2, 0.25) is 0 Å². The van der Waals surface area contributed by atoms with Gasteiger partial charge >= 0.3 is 0 Å². The molecule has 1 unspecified atom stereocenters. The molecule has 16 heavy (non-hydrogen) atoms. The second-order valence-corrected chi connectivity index (χ2v) is 5.97. The molecule has 2 saturated heterocycles. The topological polar surface area (TPSA) is 23.6 Å². The zero-order valence-electron chi connectivity index (χ0n) is 10.9. The van der Waals surface area contributed by atoms with Gasteiger partial charge in [0.1, 0.15) is 0 Å². The van der Waals surface area contributed by atoms with E-state index in [9.17, 15) is 4.79 Å². The van der Waals surface area contributed by atoms with Crippen molar-refractivity contribution in [3.8, 4) is 0 Å². The minimum absolute atomic E-state index is 0.153. The third-order valence-electron chi connectivity index (χ3n) is 4.05. The van der Waals surface area contributed by atoms with Gasteiger partial charge in [0.25, 0.3) is 0 Å². The van der Waals surface area contributed by atoms with Crippen LogP contribution in [0.3, 0.4) is 0 Å². The molecule has 2 heterocycles. The summed E-state index contributed by atoms with van der Waals surface area (Å²) < 4.78 is 0. The fraction of sp³-hybridized carbons (Fsp3) is 0.923. The molecule has 0 aromatic carbocycles. The van der Waals surface area contributed by atoms with Crippen molar-refractivity contribution in [2.75, 3.05) is 26.2 Å². The maximum absolute atomic E-state index is 11.9. The minimum Gasteiger partial charge on any atom is -0.342 e. The molecule has 92 valence electrons. The number of carbonyl (C=O) groups excluding carboxylic acids is 1. The first-order valence-electron chi connectivity index (χ1n) is 6.52. The van der Waals surface area contributed by atoms with Gasteiger partial charge in [-0.25, -0.2) is 0 Å². The molecule has 0 radical (unpaired) electrons. The van der Waals surface area contributed by atoms with Crippen LogP contribution in [0.1, 0.15) is 27.7 Å². The number of rotatable bonds is 2. The number of fused-ring (bicyclic) bond motifs is 1. The first kappa shape index (κ1) is 11.9. The highest BCUT2D eigenvalue weighted by atomic mass is 16.2. The molecule has 2 rings (SSSR count). The summed E-state index contributed by atoms with van der Waals surface area (Å²) in [7, 11) is 0. The molecule has 0 aliphatic carbocycles. The Bertz CT molecular complexity index is 261. The molecule has 2 fully saturated rings. The van der Waals surface area contributed by atoms with Crippen molar-refractivity contribution in [2.24, 2.45) is 17.8 Å². The Morgan fingerprint density at radius 1 is 1.00 bits per heavy atom. The zero-order chi connectivity index (χ0) is 11.9. The van der Waals surface area contributed by atoms with Gasteiger partial charge in [-0.05, 0) is 25.7 Å². The van der Waals surface area contributed by atoms with Gasteiger partial charge < -0.3 is 9.80 Å². The summed E-state index contributed by atoms with van der Waals surface area (Å²) in [5, 5.41) is 0. The molecule has 3 nitrogen and oxygen atoms in total. The minimum atomic E-state index is 0.153. The van der Waals surface area contributed by atoms with Crippen molar-refractivity contribution in [1.29, 1.82) is 0 Å². The second-order valence-electron chi connectivity index (χ2n) is 5.97. The van der Waals surface area contributed by atoms with E-state index >= 15 is 0 Å². The summed E-state index contributed by atoms with van der Waals surface area (Å²) in [4.78, 5) is 16.5. The average molecular weight is 224 g/mol. The summed E-state index contributed by atoms with van der Waals surface area (Å²) in [6, 6.07) is 0.653. The second kappa shape index (κ2) is 4.36. The van der Waals surface area contributed by atoms with E-state index in [2.05, 4.69) is 23.6 Å². The zero-order valence-corrected chi connectivity index (χ0v) is 10.9. The van der Waals surface area contributed by atoms with Crippen LogP contribution in [0.4, 0.5) is 0 Å². The number of likely N-dealkylation sites (tertiary alicyclic amines) is 2. The molecule has 3 heteroatoms. The van der Waals surface area contributed by atoms with Crippen molar-refractivity contribution in [3.05, 3.63) is 0 Å². The first-order valence-corrected chi connectivity index (χ1v) is 6.52. The Labute approximate surface area is 98.8 Å². The van der Waals surface area contributed by atoms with Crippen molar-refractivity contribution in [3.63, 3.8) is 0 Å². The largest absolute Gasteiger partial charge is 0.342 e. The van der Waals surface area contributed by atoms with Crippen LogP contribution >= 0.6 is 0 Å². The number of hydrogen-bond donors (Lipinski definition) is 0. The van der Waals surface area contributed by atoms with E-state index in [0.717, 1.165) is 24.9 Å². The lowest BCUT2D eigenvalue weighted by atomic mass is 10.0. The monoisotopic (exact) mass is 224 g/mol. The van der Waals surface area contributed by atoms with E-state index in [0.29, 0.717) is 11.9 Å². The fourth-order valence-electron chi connectivity index (χ4n) is 3.00. The number of carbonyl (C=O) groups is 1. The van der Waals surface area contributed by atoms with E-state index in [1.807, 2.05) is 13.8 Å². The van der Waals surface area contributed by atoms with Gasteiger partial charge in [-0.1, -0.05) is 13.8 Å². The van der Waals surface area contributed by atoms with E-state index in [4.69, 9.17) is 0 Å². The third-order valence-corrected chi connectivity index (χ3v) is 4.05. The van der Waals surface area contributed by atoms with Gasteiger partial charge in [0.15, 0.2) is 0 Å². The van der Waals surface area contributed by atoms with Crippen LogP contribution in [0.5, 0.6) is 0 Å². The van der Waals surface area contributed by atoms with Crippen LogP contribution in [0.25, 0.3) is 0 Å². The van der Waals surface area contributed by atoms with Gasteiger partial charge in [-0.3, -0.25) is 4.79 Å². The average Bonchev–Trinajstić information content (AvgIpc) is 2.72. The van der Waals surface area contributed by atoms with E-state index < -0.39 is 0 Å². The predicted octanol–water partition coefficient (Wildman–Crippen LogP) is 1.44. The summed E-state index contributed by atoms with van der Waals surface area (Å²) >= 11 is 0. The Hall–Kier alpha value is -0.570. The third kappa shape index (κ3) is 2.10. The van der Waals surface area contributed by atoms with E-state index in [-0.39, 0.29) is 5.92 Å². The van der Waals surface area contributed by atoms with E-state index in [1.165, 1.54) is 13.1 Å². The highest BCUT2D eigenvalue weighted by Gasteiger charge is 2.42. The maximum Gasteiger partial charge on any atom is 0.225 e. The summed E-state index contributed by atoms with van der Waals surface area (Å²) in [5.41, 5.74) is 0. The summed E-state index contributed by atoms with van der Waals surface area (Å²) in [6.45, 7) is 12.9. The molecule has 0 aromatic rings. The highest BCUT2D eigenvalue weighted by molar-refractivity contribution is 5.78. The summed E-state index contributed by atoms with van der Waals surface area (Å²) in [5.74, 6) is 1.95. The normalized spacial score (nSPS) is 30.5. The molecule has 0 bridgehead atoms.